The molecule has 37 heavy (non-hydrogen) atoms. The van der Waals surface area contributed by atoms with Crippen LogP contribution in [0.4, 0.5) is 11.4 Å². The van der Waals surface area contributed by atoms with Crippen molar-refractivity contribution >= 4 is 29.2 Å². The van der Waals surface area contributed by atoms with Gasteiger partial charge in [-0.3, -0.25) is 9.59 Å². The molecule has 3 aromatic rings. The van der Waals surface area contributed by atoms with Crippen molar-refractivity contribution in [1.29, 1.82) is 0 Å². The molecule has 3 rings (SSSR count). The molecule has 8 nitrogen and oxygen atoms in total. The van der Waals surface area contributed by atoms with Gasteiger partial charge in [0.1, 0.15) is 11.5 Å². The van der Waals surface area contributed by atoms with E-state index in [4.69, 9.17) is 14.2 Å². The SMILES string of the molecule is CCOC(=O)COc1ccc(NC(C)=O)cc1NC(=O)c1ccc(OCCCCc2ccccc2)cc1. The van der Waals surface area contributed by atoms with Crippen LogP contribution >= 0.6 is 0 Å². The summed E-state index contributed by atoms with van der Waals surface area (Å²) >= 11 is 0. The highest BCUT2D eigenvalue weighted by molar-refractivity contribution is 6.05. The van der Waals surface area contributed by atoms with Crippen molar-refractivity contribution in [3.05, 3.63) is 83.9 Å². The van der Waals surface area contributed by atoms with Gasteiger partial charge in [0.2, 0.25) is 5.91 Å². The minimum Gasteiger partial charge on any atom is -0.494 e. The van der Waals surface area contributed by atoms with E-state index in [2.05, 4.69) is 22.8 Å². The molecule has 0 spiro atoms. The lowest BCUT2D eigenvalue weighted by Gasteiger charge is -2.14. The number of hydrogen-bond acceptors (Lipinski definition) is 6. The topological polar surface area (TPSA) is 103 Å². The van der Waals surface area contributed by atoms with Crippen molar-refractivity contribution in [2.75, 3.05) is 30.5 Å². The van der Waals surface area contributed by atoms with E-state index in [9.17, 15) is 14.4 Å². The zero-order valence-electron chi connectivity index (χ0n) is 21.1. The van der Waals surface area contributed by atoms with Gasteiger partial charge in [0.25, 0.3) is 5.91 Å². The molecular weight excluding hydrogens is 472 g/mol. The van der Waals surface area contributed by atoms with Gasteiger partial charge in [-0.2, -0.15) is 0 Å². The number of carbonyl (C=O) groups excluding carboxylic acids is 3. The first-order chi connectivity index (χ1) is 17.9. The summed E-state index contributed by atoms with van der Waals surface area (Å²) in [6, 6.07) is 21.9. The van der Waals surface area contributed by atoms with Crippen molar-refractivity contribution in [2.45, 2.75) is 33.1 Å². The van der Waals surface area contributed by atoms with Crippen molar-refractivity contribution in [1.82, 2.24) is 0 Å². The number of ether oxygens (including phenoxy) is 3. The predicted molar refractivity (Wildman–Crippen MR) is 142 cm³/mol. The van der Waals surface area contributed by atoms with Crippen LogP contribution in [0.15, 0.2) is 72.8 Å². The summed E-state index contributed by atoms with van der Waals surface area (Å²) in [4.78, 5) is 36.0. The molecule has 0 fully saturated rings. The normalized spacial score (nSPS) is 10.3. The van der Waals surface area contributed by atoms with Gasteiger partial charge in [0, 0.05) is 18.2 Å². The standard InChI is InChI=1S/C29H32N2O6/c1-3-35-28(33)20-37-27-17-14-24(30-21(2)32)19-26(27)31-29(34)23-12-15-25(16-13-23)36-18-8-7-11-22-9-5-4-6-10-22/h4-6,9-10,12-17,19H,3,7-8,11,18,20H2,1-2H3,(H,30,32)(H,31,34). The predicted octanol–water partition coefficient (Wildman–Crippen LogP) is 5.24. The summed E-state index contributed by atoms with van der Waals surface area (Å²) < 4.78 is 16.2. The Balaban J connectivity index is 1.56. The largest absolute Gasteiger partial charge is 0.494 e. The molecular formula is C29H32N2O6. The molecule has 0 aromatic heterocycles. The average Bonchev–Trinajstić information content (AvgIpc) is 2.89. The van der Waals surface area contributed by atoms with Crippen LogP contribution in [0, 0.1) is 0 Å². The maximum Gasteiger partial charge on any atom is 0.344 e. The molecule has 0 unspecified atom stereocenters. The molecule has 8 heteroatoms. The Hall–Kier alpha value is -4.33. The van der Waals surface area contributed by atoms with Gasteiger partial charge in [0.05, 0.1) is 18.9 Å². The Bertz CT molecular complexity index is 1180. The molecule has 194 valence electrons. The number of aryl methyl sites for hydroxylation is 1. The number of amides is 2. The minimum absolute atomic E-state index is 0.237. The summed E-state index contributed by atoms with van der Waals surface area (Å²) in [6.45, 7) is 3.61. The first-order valence-electron chi connectivity index (χ1n) is 12.2. The van der Waals surface area contributed by atoms with Crippen LogP contribution in [0.1, 0.15) is 42.6 Å². The van der Waals surface area contributed by atoms with E-state index in [1.807, 2.05) is 18.2 Å². The van der Waals surface area contributed by atoms with Gasteiger partial charge < -0.3 is 24.8 Å². The summed E-state index contributed by atoms with van der Waals surface area (Å²) in [5.74, 6) is -0.210. The molecule has 0 aliphatic heterocycles. The third kappa shape index (κ3) is 9.33. The first-order valence-corrected chi connectivity index (χ1v) is 12.2. The maximum atomic E-state index is 12.9. The molecule has 2 N–H and O–H groups in total. The van der Waals surface area contributed by atoms with Gasteiger partial charge in [-0.1, -0.05) is 30.3 Å². The molecule has 0 heterocycles. The summed E-state index contributed by atoms with van der Waals surface area (Å²) in [5.41, 5.74) is 2.51. The first kappa shape index (κ1) is 27.3. The van der Waals surface area contributed by atoms with Gasteiger partial charge in [0.15, 0.2) is 6.61 Å². The quantitative estimate of drug-likeness (QED) is 0.244. The number of unbranched alkanes of at least 4 members (excludes halogenated alkanes) is 1. The molecule has 0 saturated carbocycles. The molecule has 0 aliphatic carbocycles. The van der Waals surface area contributed by atoms with E-state index < -0.39 is 5.97 Å². The number of benzene rings is 3. The van der Waals surface area contributed by atoms with Crippen molar-refractivity contribution < 1.29 is 28.6 Å². The van der Waals surface area contributed by atoms with Crippen LogP contribution in [0.3, 0.4) is 0 Å². The van der Waals surface area contributed by atoms with Crippen LogP contribution in [0.2, 0.25) is 0 Å². The Labute approximate surface area is 216 Å². The Morgan fingerprint density at radius 1 is 0.838 bits per heavy atom. The van der Waals surface area contributed by atoms with Gasteiger partial charge in [-0.25, -0.2) is 4.79 Å². The molecule has 0 saturated heterocycles. The lowest BCUT2D eigenvalue weighted by atomic mass is 10.1. The van der Waals surface area contributed by atoms with E-state index in [0.717, 1.165) is 19.3 Å². The van der Waals surface area contributed by atoms with E-state index >= 15 is 0 Å². The molecule has 0 atom stereocenters. The van der Waals surface area contributed by atoms with E-state index in [1.54, 1.807) is 49.4 Å². The van der Waals surface area contributed by atoms with Crippen molar-refractivity contribution in [3.8, 4) is 11.5 Å². The van der Waals surface area contributed by atoms with Gasteiger partial charge in [-0.15, -0.1) is 0 Å². The summed E-state index contributed by atoms with van der Waals surface area (Å²) in [6.07, 6.45) is 2.97. The number of nitrogens with one attached hydrogen (secondary N) is 2. The lowest BCUT2D eigenvalue weighted by Crippen LogP contribution is -2.17. The van der Waals surface area contributed by atoms with Crippen LogP contribution in [0.25, 0.3) is 0 Å². The van der Waals surface area contributed by atoms with Gasteiger partial charge in [-0.05, 0) is 74.2 Å². The second-order valence-corrected chi connectivity index (χ2v) is 8.26. The number of anilines is 2. The highest BCUT2D eigenvalue weighted by atomic mass is 16.6. The number of hydrogen-bond donors (Lipinski definition) is 2. The summed E-state index contributed by atoms with van der Waals surface area (Å²) in [5, 5.41) is 5.44. The van der Waals surface area contributed by atoms with Crippen molar-refractivity contribution in [2.24, 2.45) is 0 Å². The van der Waals surface area contributed by atoms with Crippen LogP contribution < -0.4 is 20.1 Å². The third-order valence-electron chi connectivity index (χ3n) is 5.29. The Kier molecular flexibility index (Phi) is 10.5. The average molecular weight is 505 g/mol. The maximum absolute atomic E-state index is 12.9. The van der Waals surface area contributed by atoms with Crippen LogP contribution in [0.5, 0.6) is 11.5 Å². The van der Waals surface area contributed by atoms with E-state index in [1.165, 1.54) is 12.5 Å². The molecule has 0 aliphatic rings. The Morgan fingerprint density at radius 2 is 1.59 bits per heavy atom. The second kappa shape index (κ2) is 14.3. The zero-order chi connectivity index (χ0) is 26.5. The number of carbonyl (C=O) groups is 3. The molecule has 3 aromatic carbocycles. The minimum atomic E-state index is -0.527. The fourth-order valence-electron chi connectivity index (χ4n) is 3.54. The lowest BCUT2D eigenvalue weighted by molar-refractivity contribution is -0.145. The molecule has 2 amide bonds. The van der Waals surface area contributed by atoms with Crippen LogP contribution in [-0.4, -0.2) is 37.6 Å². The smallest absolute Gasteiger partial charge is 0.344 e. The number of esters is 1. The zero-order valence-corrected chi connectivity index (χ0v) is 21.1. The molecule has 0 radical (unpaired) electrons. The molecule has 0 bridgehead atoms. The van der Waals surface area contributed by atoms with Crippen molar-refractivity contribution in [3.63, 3.8) is 0 Å². The monoisotopic (exact) mass is 504 g/mol. The van der Waals surface area contributed by atoms with Crippen LogP contribution in [-0.2, 0) is 20.7 Å². The fourth-order valence-corrected chi connectivity index (χ4v) is 3.54. The second-order valence-electron chi connectivity index (χ2n) is 8.26. The summed E-state index contributed by atoms with van der Waals surface area (Å²) in [7, 11) is 0. The van der Waals surface area contributed by atoms with E-state index in [0.29, 0.717) is 29.3 Å². The Morgan fingerprint density at radius 3 is 2.30 bits per heavy atom. The fraction of sp³-hybridized carbons (Fsp3) is 0.276. The van der Waals surface area contributed by atoms with Gasteiger partial charge >= 0.3 is 5.97 Å². The number of rotatable bonds is 13. The third-order valence-corrected chi connectivity index (χ3v) is 5.29. The van der Waals surface area contributed by atoms with E-state index in [-0.39, 0.29) is 30.8 Å². The highest BCUT2D eigenvalue weighted by Gasteiger charge is 2.14. The highest BCUT2D eigenvalue weighted by Crippen LogP contribution is 2.29.